The molecule has 1 fully saturated rings. The fourth-order valence-electron chi connectivity index (χ4n) is 1.17. The maximum atomic E-state index is 12.6. The van der Waals surface area contributed by atoms with E-state index in [1.54, 1.807) is 7.05 Å². The molecule has 11 heavy (non-hydrogen) atoms. The van der Waals surface area contributed by atoms with Gasteiger partial charge in [-0.05, 0) is 6.42 Å². The Morgan fingerprint density at radius 3 is 2.64 bits per heavy atom. The van der Waals surface area contributed by atoms with E-state index in [-0.39, 0.29) is 6.42 Å². The molecule has 1 saturated carbocycles. The SMILES string of the molecule is C=NN(C)CC1CCC1(F)F. The van der Waals surface area contributed by atoms with Gasteiger partial charge in [-0.25, -0.2) is 8.78 Å². The van der Waals surface area contributed by atoms with Crippen LogP contribution in [-0.4, -0.2) is 31.2 Å². The van der Waals surface area contributed by atoms with Gasteiger partial charge in [-0.15, -0.1) is 0 Å². The molecule has 0 aromatic carbocycles. The van der Waals surface area contributed by atoms with Crippen molar-refractivity contribution < 1.29 is 8.78 Å². The summed E-state index contributed by atoms with van der Waals surface area (Å²) in [5, 5.41) is 4.98. The highest BCUT2D eigenvalue weighted by atomic mass is 19.3. The van der Waals surface area contributed by atoms with Crippen LogP contribution in [0.1, 0.15) is 12.8 Å². The Bertz CT molecular complexity index is 159. The van der Waals surface area contributed by atoms with Gasteiger partial charge in [-0.2, -0.15) is 5.10 Å². The minimum atomic E-state index is -2.46. The third-order valence-electron chi connectivity index (χ3n) is 2.15. The molecule has 1 atom stereocenters. The zero-order valence-corrected chi connectivity index (χ0v) is 6.56. The highest BCUT2D eigenvalue weighted by Crippen LogP contribution is 2.43. The van der Waals surface area contributed by atoms with Crippen LogP contribution >= 0.6 is 0 Å². The predicted molar refractivity (Wildman–Crippen MR) is 39.9 cm³/mol. The standard InChI is InChI=1S/C7H12F2N2/c1-10-11(2)5-6-3-4-7(6,8)9/h6H,1,3-5H2,2H3. The van der Waals surface area contributed by atoms with Gasteiger partial charge in [0.2, 0.25) is 0 Å². The van der Waals surface area contributed by atoms with E-state index in [4.69, 9.17) is 0 Å². The van der Waals surface area contributed by atoms with E-state index in [1.807, 2.05) is 0 Å². The van der Waals surface area contributed by atoms with E-state index in [2.05, 4.69) is 11.8 Å². The molecular formula is C7H12F2N2. The van der Waals surface area contributed by atoms with Crippen LogP contribution in [0, 0.1) is 5.92 Å². The summed E-state index contributed by atoms with van der Waals surface area (Å²) in [5.41, 5.74) is 0. The summed E-state index contributed by atoms with van der Waals surface area (Å²) in [6.07, 6.45) is 0.634. The van der Waals surface area contributed by atoms with Crippen LogP contribution < -0.4 is 0 Å². The maximum Gasteiger partial charge on any atom is 0.252 e. The van der Waals surface area contributed by atoms with E-state index < -0.39 is 11.8 Å². The van der Waals surface area contributed by atoms with Gasteiger partial charge in [0.1, 0.15) is 0 Å². The molecule has 1 aliphatic rings. The van der Waals surface area contributed by atoms with E-state index in [0.29, 0.717) is 13.0 Å². The second-order valence-corrected chi connectivity index (χ2v) is 2.98. The summed E-state index contributed by atoms with van der Waals surface area (Å²) >= 11 is 0. The molecule has 0 aliphatic heterocycles. The number of nitrogens with zero attached hydrogens (tertiary/aromatic N) is 2. The molecule has 64 valence electrons. The summed E-state index contributed by atoms with van der Waals surface area (Å²) in [4.78, 5) is 0. The lowest BCUT2D eigenvalue weighted by molar-refractivity contribution is -0.138. The van der Waals surface area contributed by atoms with Crippen LogP contribution in [0.15, 0.2) is 5.10 Å². The molecule has 0 spiro atoms. The number of rotatable bonds is 3. The zero-order chi connectivity index (χ0) is 8.48. The molecule has 1 unspecified atom stereocenters. The van der Waals surface area contributed by atoms with E-state index in [9.17, 15) is 8.78 Å². The second kappa shape index (κ2) is 2.75. The Balaban J connectivity index is 2.33. The first-order chi connectivity index (χ1) is 5.06. The smallest absolute Gasteiger partial charge is 0.252 e. The first kappa shape index (κ1) is 8.43. The van der Waals surface area contributed by atoms with E-state index >= 15 is 0 Å². The average Bonchev–Trinajstić information content (AvgIpc) is 1.98. The fraction of sp³-hybridized carbons (Fsp3) is 0.857. The highest BCUT2D eigenvalue weighted by Gasteiger charge is 2.48. The van der Waals surface area contributed by atoms with Crippen molar-refractivity contribution in [3.05, 3.63) is 0 Å². The van der Waals surface area contributed by atoms with Gasteiger partial charge in [0.25, 0.3) is 5.92 Å². The van der Waals surface area contributed by atoms with Crippen molar-refractivity contribution in [2.24, 2.45) is 11.0 Å². The molecule has 0 radical (unpaired) electrons. The van der Waals surface area contributed by atoms with Crippen molar-refractivity contribution in [1.82, 2.24) is 5.01 Å². The Hall–Kier alpha value is -0.670. The van der Waals surface area contributed by atoms with Crippen molar-refractivity contribution in [3.8, 4) is 0 Å². The van der Waals surface area contributed by atoms with Crippen molar-refractivity contribution >= 4 is 6.72 Å². The summed E-state index contributed by atoms with van der Waals surface area (Å²) < 4.78 is 25.2. The molecule has 0 aromatic rings. The third-order valence-corrected chi connectivity index (χ3v) is 2.15. The summed E-state index contributed by atoms with van der Waals surface area (Å²) in [6.45, 7) is 3.57. The zero-order valence-electron chi connectivity index (χ0n) is 6.56. The second-order valence-electron chi connectivity index (χ2n) is 2.98. The lowest BCUT2D eigenvalue weighted by Crippen LogP contribution is -2.44. The van der Waals surface area contributed by atoms with Gasteiger partial charge in [0.15, 0.2) is 0 Å². The molecule has 0 heterocycles. The van der Waals surface area contributed by atoms with Crippen molar-refractivity contribution in [2.75, 3.05) is 13.6 Å². The van der Waals surface area contributed by atoms with Crippen molar-refractivity contribution in [2.45, 2.75) is 18.8 Å². The van der Waals surface area contributed by atoms with Crippen LogP contribution in [0.4, 0.5) is 8.78 Å². The molecule has 1 aliphatic carbocycles. The monoisotopic (exact) mass is 162 g/mol. The average molecular weight is 162 g/mol. The molecule has 0 N–H and O–H groups in total. The maximum absolute atomic E-state index is 12.6. The van der Waals surface area contributed by atoms with E-state index in [0.717, 1.165) is 0 Å². The predicted octanol–water partition coefficient (Wildman–Crippen LogP) is 1.58. The number of hydrogen-bond donors (Lipinski definition) is 0. The molecular weight excluding hydrogens is 150 g/mol. The minimum absolute atomic E-state index is 0.0304. The van der Waals surface area contributed by atoms with Crippen molar-refractivity contribution in [1.29, 1.82) is 0 Å². The fourth-order valence-corrected chi connectivity index (χ4v) is 1.17. The van der Waals surface area contributed by atoms with Crippen LogP contribution in [-0.2, 0) is 0 Å². The Morgan fingerprint density at radius 2 is 2.36 bits per heavy atom. The van der Waals surface area contributed by atoms with Gasteiger partial charge in [0.05, 0.1) is 0 Å². The van der Waals surface area contributed by atoms with Gasteiger partial charge in [-0.1, -0.05) is 0 Å². The molecule has 1 rings (SSSR count). The van der Waals surface area contributed by atoms with Crippen LogP contribution in [0.25, 0.3) is 0 Å². The largest absolute Gasteiger partial charge is 0.300 e. The summed E-state index contributed by atoms with van der Waals surface area (Å²) in [5.74, 6) is -2.98. The number of hydrogen-bond acceptors (Lipinski definition) is 2. The lowest BCUT2D eigenvalue weighted by Gasteiger charge is -2.37. The number of hydrazone groups is 1. The molecule has 0 bridgehead atoms. The quantitative estimate of drug-likeness (QED) is 0.454. The molecule has 4 heteroatoms. The molecule has 0 amide bonds. The van der Waals surface area contributed by atoms with Crippen LogP contribution in [0.3, 0.4) is 0 Å². The normalized spacial score (nSPS) is 27.4. The number of halogens is 2. The Kier molecular flexibility index (Phi) is 2.11. The Labute approximate surface area is 64.9 Å². The van der Waals surface area contributed by atoms with Gasteiger partial charge in [-0.3, -0.25) is 0 Å². The van der Waals surface area contributed by atoms with E-state index in [1.165, 1.54) is 5.01 Å². The van der Waals surface area contributed by atoms with Crippen LogP contribution in [0.5, 0.6) is 0 Å². The Morgan fingerprint density at radius 1 is 1.73 bits per heavy atom. The molecule has 2 nitrogen and oxygen atoms in total. The summed E-state index contributed by atoms with van der Waals surface area (Å²) in [7, 11) is 1.65. The third kappa shape index (κ3) is 1.67. The molecule has 0 aromatic heterocycles. The highest BCUT2D eigenvalue weighted by molar-refractivity contribution is 5.22. The summed E-state index contributed by atoms with van der Waals surface area (Å²) in [6, 6.07) is 0. The van der Waals surface area contributed by atoms with Crippen LogP contribution in [0.2, 0.25) is 0 Å². The van der Waals surface area contributed by atoms with Gasteiger partial charge >= 0.3 is 0 Å². The minimum Gasteiger partial charge on any atom is -0.300 e. The lowest BCUT2D eigenvalue weighted by atomic mass is 9.81. The first-order valence-electron chi connectivity index (χ1n) is 3.62. The first-order valence-corrected chi connectivity index (χ1v) is 3.62. The van der Waals surface area contributed by atoms with Crippen molar-refractivity contribution in [3.63, 3.8) is 0 Å². The topological polar surface area (TPSA) is 15.6 Å². The number of alkyl halides is 2. The molecule has 0 saturated heterocycles. The van der Waals surface area contributed by atoms with Gasteiger partial charge in [0, 0.05) is 32.6 Å². The van der Waals surface area contributed by atoms with Gasteiger partial charge < -0.3 is 5.01 Å².